The molecule has 2 aliphatic heterocycles. The van der Waals surface area contributed by atoms with Gasteiger partial charge >= 0.3 is 6.09 Å². The minimum atomic E-state index is -0.533. The summed E-state index contributed by atoms with van der Waals surface area (Å²) in [7, 11) is 0. The maximum absolute atomic E-state index is 12.0. The second kappa shape index (κ2) is 5.46. The number of hydrogen-bond acceptors (Lipinski definition) is 5. The van der Waals surface area contributed by atoms with E-state index in [4.69, 9.17) is 14.2 Å². The summed E-state index contributed by atoms with van der Waals surface area (Å²) in [6, 6.07) is 0. The third-order valence-electron chi connectivity index (χ3n) is 3.09. The van der Waals surface area contributed by atoms with Gasteiger partial charge in [-0.1, -0.05) is 0 Å². The first-order chi connectivity index (χ1) is 8.87. The first-order valence-corrected chi connectivity index (χ1v) is 6.61. The Balaban J connectivity index is 1.96. The maximum atomic E-state index is 12.0. The van der Waals surface area contributed by atoms with Crippen molar-refractivity contribution in [1.82, 2.24) is 4.90 Å². The molecule has 2 fully saturated rings. The van der Waals surface area contributed by atoms with Crippen LogP contribution in [0, 0.1) is 5.92 Å². The molecular weight excluding hydrogens is 250 g/mol. The number of hydrogen-bond donors (Lipinski definition) is 0. The molecule has 2 rings (SSSR count). The number of nitrogens with zero attached hydrogens (tertiary/aromatic N) is 1. The minimum absolute atomic E-state index is 0.0895. The van der Waals surface area contributed by atoms with Gasteiger partial charge in [0.25, 0.3) is 0 Å². The molecular formula is C13H21NO5. The number of piperidine rings is 1. The lowest BCUT2D eigenvalue weighted by Crippen LogP contribution is -2.49. The molecule has 6 nitrogen and oxygen atoms in total. The quantitative estimate of drug-likeness (QED) is 0.716. The molecule has 0 aromatic carbocycles. The molecule has 1 atom stereocenters. The lowest BCUT2D eigenvalue weighted by Gasteiger charge is -2.34. The molecule has 1 unspecified atom stereocenters. The van der Waals surface area contributed by atoms with Crippen LogP contribution in [0.15, 0.2) is 0 Å². The zero-order valence-corrected chi connectivity index (χ0v) is 11.7. The Hall–Kier alpha value is -1.14. The number of likely N-dealkylation sites (tertiary alicyclic amines) is 1. The van der Waals surface area contributed by atoms with Crippen LogP contribution >= 0.6 is 0 Å². The molecule has 1 amide bonds. The normalized spacial score (nSPS) is 25.7. The lowest BCUT2D eigenvalue weighted by atomic mass is 9.96. The van der Waals surface area contributed by atoms with Gasteiger partial charge in [-0.3, -0.25) is 4.79 Å². The summed E-state index contributed by atoms with van der Waals surface area (Å²) in [5.41, 5.74) is -0.533. The summed E-state index contributed by atoms with van der Waals surface area (Å²) in [5.74, 6) is -0.310. The van der Waals surface area contributed by atoms with Gasteiger partial charge in [-0.25, -0.2) is 4.79 Å². The molecule has 108 valence electrons. The third-order valence-corrected chi connectivity index (χ3v) is 3.09. The summed E-state index contributed by atoms with van der Waals surface area (Å²) in [5, 5.41) is 0. The molecule has 0 N–H and O–H groups in total. The van der Waals surface area contributed by atoms with Crippen molar-refractivity contribution in [3.63, 3.8) is 0 Å². The zero-order valence-electron chi connectivity index (χ0n) is 11.7. The molecule has 0 radical (unpaired) electrons. The van der Waals surface area contributed by atoms with Gasteiger partial charge in [0, 0.05) is 19.5 Å². The highest BCUT2D eigenvalue weighted by Crippen LogP contribution is 2.23. The van der Waals surface area contributed by atoms with E-state index in [-0.39, 0.29) is 11.9 Å². The summed E-state index contributed by atoms with van der Waals surface area (Å²) < 4.78 is 16.1. The van der Waals surface area contributed by atoms with Crippen molar-refractivity contribution in [2.45, 2.75) is 39.1 Å². The fraction of sp³-hybridized carbons (Fsp3) is 0.846. The summed E-state index contributed by atoms with van der Waals surface area (Å²) in [4.78, 5) is 25.4. The minimum Gasteiger partial charge on any atom is -0.444 e. The van der Waals surface area contributed by atoms with Crippen molar-refractivity contribution in [1.29, 1.82) is 0 Å². The van der Waals surface area contributed by atoms with E-state index in [1.54, 1.807) is 4.90 Å². The second-order valence-corrected chi connectivity index (χ2v) is 5.86. The van der Waals surface area contributed by atoms with E-state index in [9.17, 15) is 9.59 Å². The van der Waals surface area contributed by atoms with E-state index in [0.29, 0.717) is 32.7 Å². The van der Waals surface area contributed by atoms with E-state index in [1.165, 1.54) is 0 Å². The van der Waals surface area contributed by atoms with Gasteiger partial charge in [0.05, 0.1) is 19.1 Å². The average Bonchev–Trinajstić information content (AvgIpc) is 2.80. The highest BCUT2D eigenvalue weighted by molar-refractivity contribution is 5.84. The van der Waals surface area contributed by atoms with Gasteiger partial charge in [0.1, 0.15) is 11.4 Å². The molecule has 0 spiro atoms. The Labute approximate surface area is 113 Å². The molecule has 6 heteroatoms. The fourth-order valence-corrected chi connectivity index (χ4v) is 2.20. The molecule has 2 heterocycles. The lowest BCUT2D eigenvalue weighted by molar-refractivity contribution is -0.145. The number of carbonyl (C=O) groups excluding carboxylic acids is 2. The smallest absolute Gasteiger partial charge is 0.410 e. The van der Waals surface area contributed by atoms with Crippen LogP contribution in [0.5, 0.6) is 0 Å². The van der Waals surface area contributed by atoms with Crippen LogP contribution in [0.3, 0.4) is 0 Å². The van der Waals surface area contributed by atoms with Gasteiger partial charge in [-0.15, -0.1) is 0 Å². The topological polar surface area (TPSA) is 65.1 Å². The highest BCUT2D eigenvalue weighted by Gasteiger charge is 2.39. The number of rotatable bonds is 1. The van der Waals surface area contributed by atoms with Gasteiger partial charge in [-0.05, 0) is 20.8 Å². The zero-order chi connectivity index (χ0) is 14.0. The molecule has 2 saturated heterocycles. The SMILES string of the molecule is CC(C)(C)OC(=O)N1CCC(=O)C(C2OCCO2)C1. The molecule has 0 aromatic rings. The molecule has 19 heavy (non-hydrogen) atoms. The van der Waals surface area contributed by atoms with E-state index in [2.05, 4.69) is 0 Å². The fourth-order valence-electron chi connectivity index (χ4n) is 2.20. The van der Waals surface area contributed by atoms with Crippen molar-refractivity contribution in [2.75, 3.05) is 26.3 Å². The standard InChI is InChI=1S/C13H21NO5/c1-13(2,3)19-12(16)14-5-4-10(15)9(8-14)11-17-6-7-18-11/h9,11H,4-8H2,1-3H3. The second-order valence-electron chi connectivity index (χ2n) is 5.86. The largest absolute Gasteiger partial charge is 0.444 e. The number of ether oxygens (including phenoxy) is 3. The molecule has 0 bridgehead atoms. The Morgan fingerprint density at radius 3 is 2.53 bits per heavy atom. The monoisotopic (exact) mass is 271 g/mol. The number of amides is 1. The Morgan fingerprint density at radius 2 is 1.95 bits per heavy atom. The van der Waals surface area contributed by atoms with Gasteiger partial charge in [-0.2, -0.15) is 0 Å². The van der Waals surface area contributed by atoms with E-state index >= 15 is 0 Å². The van der Waals surface area contributed by atoms with Crippen LogP contribution in [-0.4, -0.2) is 55.0 Å². The maximum Gasteiger partial charge on any atom is 0.410 e. The predicted molar refractivity (Wildman–Crippen MR) is 66.6 cm³/mol. The Morgan fingerprint density at radius 1 is 1.32 bits per heavy atom. The van der Waals surface area contributed by atoms with Gasteiger partial charge < -0.3 is 19.1 Å². The van der Waals surface area contributed by atoms with Crippen molar-refractivity contribution < 1.29 is 23.8 Å². The van der Waals surface area contributed by atoms with Crippen LogP contribution in [-0.2, 0) is 19.0 Å². The van der Waals surface area contributed by atoms with Crippen LogP contribution < -0.4 is 0 Å². The van der Waals surface area contributed by atoms with Crippen molar-refractivity contribution in [3.05, 3.63) is 0 Å². The third kappa shape index (κ3) is 3.67. The number of Topliss-reactive ketones (excluding diaryl/α,β-unsaturated/α-hetero) is 1. The average molecular weight is 271 g/mol. The van der Waals surface area contributed by atoms with E-state index < -0.39 is 17.8 Å². The Kier molecular flexibility index (Phi) is 4.10. The number of ketones is 1. The van der Waals surface area contributed by atoms with Crippen LogP contribution in [0.4, 0.5) is 4.79 Å². The van der Waals surface area contributed by atoms with Gasteiger partial charge in [0.2, 0.25) is 0 Å². The molecule has 0 saturated carbocycles. The van der Waals surface area contributed by atoms with E-state index in [1.807, 2.05) is 20.8 Å². The van der Waals surface area contributed by atoms with Crippen LogP contribution in [0.25, 0.3) is 0 Å². The van der Waals surface area contributed by atoms with Crippen molar-refractivity contribution >= 4 is 11.9 Å². The van der Waals surface area contributed by atoms with Crippen LogP contribution in [0.2, 0.25) is 0 Å². The molecule has 0 aromatic heterocycles. The predicted octanol–water partition coefficient (Wildman–Crippen LogP) is 1.19. The van der Waals surface area contributed by atoms with Gasteiger partial charge in [0.15, 0.2) is 6.29 Å². The summed E-state index contributed by atoms with van der Waals surface area (Å²) in [6.45, 7) is 7.17. The van der Waals surface area contributed by atoms with Crippen molar-refractivity contribution in [3.8, 4) is 0 Å². The first-order valence-electron chi connectivity index (χ1n) is 6.61. The summed E-state index contributed by atoms with van der Waals surface area (Å²) >= 11 is 0. The highest BCUT2D eigenvalue weighted by atomic mass is 16.7. The number of carbonyl (C=O) groups is 2. The Bertz CT molecular complexity index is 357. The van der Waals surface area contributed by atoms with E-state index in [0.717, 1.165) is 0 Å². The van der Waals surface area contributed by atoms with Crippen LogP contribution in [0.1, 0.15) is 27.2 Å². The molecule has 2 aliphatic rings. The molecule has 0 aliphatic carbocycles. The first kappa shape index (κ1) is 14.3. The van der Waals surface area contributed by atoms with Crippen molar-refractivity contribution in [2.24, 2.45) is 5.92 Å². The summed E-state index contributed by atoms with van der Waals surface area (Å²) in [6.07, 6.45) is -0.576.